The minimum Gasteiger partial charge on any atom is -0.347 e. The first-order valence-corrected chi connectivity index (χ1v) is 6.59. The Kier molecular flexibility index (Phi) is 3.51. The Labute approximate surface area is 122 Å². The summed E-state index contributed by atoms with van der Waals surface area (Å²) in [6.45, 7) is 0.421. The van der Waals surface area contributed by atoms with Crippen molar-refractivity contribution in [3.05, 3.63) is 66.5 Å². The minimum atomic E-state index is -0.138. The van der Waals surface area contributed by atoms with Gasteiger partial charge in [-0.15, -0.1) is 0 Å². The summed E-state index contributed by atoms with van der Waals surface area (Å²) in [5.74, 6) is 0.606. The van der Waals surface area contributed by atoms with Crippen LogP contribution in [0.1, 0.15) is 16.3 Å². The Morgan fingerprint density at radius 3 is 2.81 bits per heavy atom. The Morgan fingerprint density at radius 1 is 1.29 bits per heavy atom. The van der Waals surface area contributed by atoms with Crippen molar-refractivity contribution in [1.29, 1.82) is 0 Å². The first kappa shape index (κ1) is 13.1. The van der Waals surface area contributed by atoms with Crippen LogP contribution in [-0.2, 0) is 6.54 Å². The number of amides is 1. The number of aromatic nitrogens is 4. The van der Waals surface area contributed by atoms with Crippen molar-refractivity contribution in [2.24, 2.45) is 0 Å². The Hall–Kier alpha value is -2.89. The van der Waals surface area contributed by atoms with E-state index in [9.17, 15) is 4.79 Å². The molecule has 0 fully saturated rings. The van der Waals surface area contributed by atoms with Gasteiger partial charge in [0.25, 0.3) is 5.91 Å². The fourth-order valence-corrected chi connectivity index (χ4v) is 2.04. The zero-order valence-electron chi connectivity index (χ0n) is 11.6. The van der Waals surface area contributed by atoms with Crippen LogP contribution in [0.15, 0.2) is 55.0 Å². The number of aromatic amines is 1. The monoisotopic (exact) mass is 281 g/mol. The lowest BCUT2D eigenvalue weighted by Gasteiger charge is -2.13. The Bertz CT molecular complexity index is 718. The molecule has 6 heteroatoms. The number of carbonyl (C=O) groups excluding carboxylic acids is 1. The average Bonchev–Trinajstić information content (AvgIpc) is 3.18. The van der Waals surface area contributed by atoms with Crippen molar-refractivity contribution in [2.45, 2.75) is 6.54 Å². The number of imidazole rings is 1. The second-order valence-electron chi connectivity index (χ2n) is 4.68. The number of para-hydroxylation sites is 1. The molecule has 0 saturated carbocycles. The van der Waals surface area contributed by atoms with E-state index in [1.54, 1.807) is 41.3 Å². The van der Waals surface area contributed by atoms with Crippen LogP contribution in [0, 0.1) is 0 Å². The summed E-state index contributed by atoms with van der Waals surface area (Å²) in [7, 11) is 1.73. The highest BCUT2D eigenvalue weighted by atomic mass is 16.2. The number of H-pyrrole nitrogens is 1. The highest BCUT2D eigenvalue weighted by Crippen LogP contribution is 2.09. The van der Waals surface area contributed by atoms with Gasteiger partial charge in [-0.05, 0) is 18.2 Å². The molecule has 6 nitrogen and oxygen atoms in total. The van der Waals surface area contributed by atoms with Crippen molar-refractivity contribution in [3.8, 4) is 5.69 Å². The van der Waals surface area contributed by atoms with E-state index in [0.717, 1.165) is 11.5 Å². The number of nitrogens with zero attached hydrogens (tertiary/aromatic N) is 4. The van der Waals surface area contributed by atoms with Gasteiger partial charge in [0, 0.05) is 25.6 Å². The van der Waals surface area contributed by atoms with Gasteiger partial charge in [-0.25, -0.2) is 9.67 Å². The van der Waals surface area contributed by atoms with E-state index in [4.69, 9.17) is 0 Å². The molecule has 0 saturated heterocycles. The maximum atomic E-state index is 12.3. The van der Waals surface area contributed by atoms with Gasteiger partial charge in [-0.1, -0.05) is 18.2 Å². The van der Waals surface area contributed by atoms with E-state index in [1.807, 2.05) is 30.3 Å². The smallest absolute Gasteiger partial charge is 0.274 e. The molecule has 0 aliphatic rings. The Morgan fingerprint density at radius 2 is 2.10 bits per heavy atom. The van der Waals surface area contributed by atoms with Crippen LogP contribution < -0.4 is 0 Å². The summed E-state index contributed by atoms with van der Waals surface area (Å²) in [4.78, 5) is 21.0. The molecule has 0 aliphatic carbocycles. The summed E-state index contributed by atoms with van der Waals surface area (Å²) < 4.78 is 1.69. The normalized spacial score (nSPS) is 10.5. The molecular formula is C15H15N5O. The number of hydrogen-bond donors (Lipinski definition) is 1. The summed E-state index contributed by atoms with van der Waals surface area (Å²) in [6.07, 6.45) is 5.18. The molecule has 2 aromatic heterocycles. The lowest BCUT2D eigenvalue weighted by atomic mass is 10.3. The number of carbonyl (C=O) groups is 1. The number of benzene rings is 1. The third-order valence-electron chi connectivity index (χ3n) is 3.12. The first-order valence-electron chi connectivity index (χ1n) is 6.59. The molecular weight excluding hydrogens is 266 g/mol. The van der Waals surface area contributed by atoms with E-state index in [2.05, 4.69) is 15.1 Å². The standard InChI is InChI=1S/C15H15N5O/c1-19(11-14-16-8-9-17-14)15(21)13-7-10-20(18-13)12-5-3-2-4-6-12/h2-10H,11H2,1H3,(H,16,17). The van der Waals surface area contributed by atoms with E-state index in [-0.39, 0.29) is 5.91 Å². The van der Waals surface area contributed by atoms with Crippen LogP contribution in [0.4, 0.5) is 0 Å². The fraction of sp³-hybridized carbons (Fsp3) is 0.133. The molecule has 2 heterocycles. The number of rotatable bonds is 4. The molecule has 21 heavy (non-hydrogen) atoms. The SMILES string of the molecule is CN(Cc1ncc[nH]1)C(=O)c1ccn(-c2ccccc2)n1. The second kappa shape index (κ2) is 5.62. The molecule has 0 atom stereocenters. The summed E-state index contributed by atoms with van der Waals surface area (Å²) in [5, 5.41) is 4.33. The van der Waals surface area contributed by atoms with Gasteiger partial charge < -0.3 is 9.88 Å². The maximum absolute atomic E-state index is 12.3. The van der Waals surface area contributed by atoms with Gasteiger partial charge in [-0.3, -0.25) is 4.79 Å². The van der Waals surface area contributed by atoms with E-state index in [0.29, 0.717) is 12.2 Å². The third-order valence-corrected chi connectivity index (χ3v) is 3.12. The van der Waals surface area contributed by atoms with Crippen molar-refractivity contribution in [3.63, 3.8) is 0 Å². The molecule has 0 spiro atoms. The summed E-state index contributed by atoms with van der Waals surface area (Å²) >= 11 is 0. The summed E-state index contributed by atoms with van der Waals surface area (Å²) in [6, 6.07) is 11.4. The third kappa shape index (κ3) is 2.84. The average molecular weight is 281 g/mol. The minimum absolute atomic E-state index is 0.138. The zero-order chi connectivity index (χ0) is 14.7. The molecule has 0 radical (unpaired) electrons. The molecule has 3 aromatic rings. The predicted octanol–water partition coefficient (Wildman–Crippen LogP) is 1.87. The molecule has 0 aliphatic heterocycles. The van der Waals surface area contributed by atoms with Gasteiger partial charge >= 0.3 is 0 Å². The zero-order valence-corrected chi connectivity index (χ0v) is 11.6. The number of hydrogen-bond acceptors (Lipinski definition) is 3. The Balaban J connectivity index is 1.75. The van der Waals surface area contributed by atoms with Gasteiger partial charge in [0.15, 0.2) is 5.69 Å². The lowest BCUT2D eigenvalue weighted by Crippen LogP contribution is -2.27. The maximum Gasteiger partial charge on any atom is 0.274 e. The number of nitrogens with one attached hydrogen (secondary N) is 1. The molecule has 1 N–H and O–H groups in total. The van der Waals surface area contributed by atoms with Gasteiger partial charge in [-0.2, -0.15) is 5.10 Å². The quantitative estimate of drug-likeness (QED) is 0.794. The highest BCUT2D eigenvalue weighted by Gasteiger charge is 2.16. The summed E-state index contributed by atoms with van der Waals surface area (Å²) in [5.41, 5.74) is 1.33. The van der Waals surface area contributed by atoms with Crippen LogP contribution >= 0.6 is 0 Å². The molecule has 0 bridgehead atoms. The molecule has 106 valence electrons. The molecule has 3 rings (SSSR count). The van der Waals surface area contributed by atoms with Crippen molar-refractivity contribution in [2.75, 3.05) is 7.05 Å². The van der Waals surface area contributed by atoms with Crippen molar-refractivity contribution >= 4 is 5.91 Å². The van der Waals surface area contributed by atoms with E-state index >= 15 is 0 Å². The van der Waals surface area contributed by atoms with Crippen LogP contribution in [-0.4, -0.2) is 37.6 Å². The van der Waals surface area contributed by atoms with Crippen molar-refractivity contribution < 1.29 is 4.79 Å². The fourth-order valence-electron chi connectivity index (χ4n) is 2.04. The van der Waals surface area contributed by atoms with Crippen LogP contribution in [0.5, 0.6) is 0 Å². The lowest BCUT2D eigenvalue weighted by molar-refractivity contribution is 0.0775. The largest absolute Gasteiger partial charge is 0.347 e. The van der Waals surface area contributed by atoms with Gasteiger partial charge in [0.05, 0.1) is 12.2 Å². The van der Waals surface area contributed by atoms with Crippen LogP contribution in [0.3, 0.4) is 0 Å². The van der Waals surface area contributed by atoms with Gasteiger partial charge in [0.2, 0.25) is 0 Å². The van der Waals surface area contributed by atoms with Crippen molar-refractivity contribution in [1.82, 2.24) is 24.6 Å². The van der Waals surface area contributed by atoms with Crippen LogP contribution in [0.2, 0.25) is 0 Å². The first-order chi connectivity index (χ1) is 10.2. The molecule has 1 aromatic carbocycles. The van der Waals surface area contributed by atoms with E-state index in [1.165, 1.54) is 0 Å². The predicted molar refractivity (Wildman–Crippen MR) is 77.9 cm³/mol. The molecule has 1 amide bonds. The topological polar surface area (TPSA) is 66.8 Å². The molecule has 0 unspecified atom stereocenters. The van der Waals surface area contributed by atoms with E-state index < -0.39 is 0 Å². The highest BCUT2D eigenvalue weighted by molar-refractivity contribution is 5.92. The second-order valence-corrected chi connectivity index (χ2v) is 4.68. The van der Waals surface area contributed by atoms with Gasteiger partial charge in [0.1, 0.15) is 5.82 Å². The van der Waals surface area contributed by atoms with Crippen LogP contribution in [0.25, 0.3) is 5.69 Å².